The summed E-state index contributed by atoms with van der Waals surface area (Å²) in [6.45, 7) is -0.131. The molecule has 1 atom stereocenters. The van der Waals surface area contributed by atoms with Gasteiger partial charge in [-0.15, -0.1) is 5.10 Å². The molecule has 1 saturated heterocycles. The average molecular weight is 323 g/mol. The van der Waals surface area contributed by atoms with E-state index in [1.54, 1.807) is 18.2 Å². The van der Waals surface area contributed by atoms with Crippen LogP contribution in [0.1, 0.15) is 12.5 Å². The van der Waals surface area contributed by atoms with Gasteiger partial charge in [-0.1, -0.05) is 22.9 Å². The van der Waals surface area contributed by atoms with Crippen molar-refractivity contribution in [2.24, 2.45) is 0 Å². The van der Waals surface area contributed by atoms with E-state index in [9.17, 15) is 14.4 Å². The van der Waals surface area contributed by atoms with Crippen molar-refractivity contribution >= 4 is 34.4 Å². The summed E-state index contributed by atoms with van der Waals surface area (Å²) in [6.07, 6.45) is 0.312. The normalized spacial score (nSPS) is 18.1. The zero-order valence-electron chi connectivity index (χ0n) is 11.3. The monoisotopic (exact) mass is 322 g/mol. The van der Waals surface area contributed by atoms with Crippen LogP contribution in [-0.4, -0.2) is 50.0 Å². The molecular weight excluding hydrogens is 312 g/mol. The maximum absolute atomic E-state index is 12.5. The summed E-state index contributed by atoms with van der Waals surface area (Å²) in [4.78, 5) is 36.6. The number of aromatic nitrogens is 3. The van der Waals surface area contributed by atoms with E-state index in [0.717, 1.165) is 4.68 Å². The van der Waals surface area contributed by atoms with Gasteiger partial charge < -0.3 is 10.0 Å². The fourth-order valence-corrected chi connectivity index (χ4v) is 2.73. The molecule has 2 heterocycles. The molecule has 8 nitrogen and oxygen atoms in total. The first kappa shape index (κ1) is 14.5. The average Bonchev–Trinajstić information content (AvgIpc) is 2.81. The highest BCUT2D eigenvalue weighted by atomic mass is 35.5. The summed E-state index contributed by atoms with van der Waals surface area (Å²) in [5.41, 5.74) is -0.193. The van der Waals surface area contributed by atoms with Gasteiger partial charge in [-0.2, -0.15) is 4.68 Å². The predicted octanol–water partition coefficient (Wildman–Crippen LogP) is 0.303. The molecule has 0 saturated carbocycles. The summed E-state index contributed by atoms with van der Waals surface area (Å²) in [5, 5.41) is 17.0. The molecule has 1 fully saturated rings. The van der Waals surface area contributed by atoms with Crippen molar-refractivity contribution in [3.8, 4) is 0 Å². The minimum atomic E-state index is -1.10. The smallest absolute Gasteiger partial charge is 0.323 e. The second kappa shape index (κ2) is 5.38. The topological polar surface area (TPSA) is 105 Å². The lowest BCUT2D eigenvalue weighted by Crippen LogP contribution is -2.36. The summed E-state index contributed by atoms with van der Waals surface area (Å²) < 4.78 is 1.00. The first-order chi connectivity index (χ1) is 10.5. The molecule has 1 aliphatic rings. The summed E-state index contributed by atoms with van der Waals surface area (Å²) in [6, 6.07) is 3.94. The predicted molar refractivity (Wildman–Crippen MR) is 76.7 cm³/mol. The van der Waals surface area contributed by atoms with Crippen LogP contribution in [0.3, 0.4) is 0 Å². The van der Waals surface area contributed by atoms with E-state index in [2.05, 4.69) is 10.3 Å². The number of carbonyl (C=O) groups excluding carboxylic acids is 1. The van der Waals surface area contributed by atoms with Crippen LogP contribution in [0.25, 0.3) is 10.9 Å². The van der Waals surface area contributed by atoms with Gasteiger partial charge in [0.1, 0.15) is 18.1 Å². The van der Waals surface area contributed by atoms with E-state index < -0.39 is 30.0 Å². The SMILES string of the molecule is O=C(O)CN1CCC(n2nnc3c(Cl)cccc3c2=O)C1=O. The highest BCUT2D eigenvalue weighted by Crippen LogP contribution is 2.22. The minimum absolute atomic E-state index is 0.261. The first-order valence-electron chi connectivity index (χ1n) is 6.53. The molecule has 1 aromatic heterocycles. The maximum Gasteiger partial charge on any atom is 0.323 e. The molecule has 1 amide bonds. The molecule has 9 heteroatoms. The molecule has 1 unspecified atom stereocenters. The number of aliphatic carboxylic acids is 1. The fraction of sp³-hybridized carbons (Fsp3) is 0.308. The van der Waals surface area contributed by atoms with Gasteiger partial charge in [0.15, 0.2) is 0 Å². The number of nitrogens with zero attached hydrogens (tertiary/aromatic N) is 4. The van der Waals surface area contributed by atoms with Crippen molar-refractivity contribution in [2.75, 3.05) is 13.1 Å². The number of amides is 1. The second-order valence-corrected chi connectivity index (χ2v) is 5.34. The van der Waals surface area contributed by atoms with Crippen LogP contribution in [-0.2, 0) is 9.59 Å². The Hall–Kier alpha value is -2.48. The Bertz CT molecular complexity index is 834. The van der Waals surface area contributed by atoms with E-state index in [1.807, 2.05) is 0 Å². The van der Waals surface area contributed by atoms with E-state index >= 15 is 0 Å². The second-order valence-electron chi connectivity index (χ2n) is 4.93. The molecular formula is C13H11ClN4O4. The molecule has 0 radical (unpaired) electrons. The summed E-state index contributed by atoms with van der Waals surface area (Å²) in [7, 11) is 0. The Balaban J connectivity index is 2.01. The van der Waals surface area contributed by atoms with E-state index in [1.165, 1.54) is 4.90 Å². The third kappa shape index (κ3) is 2.31. The van der Waals surface area contributed by atoms with Gasteiger partial charge in [-0.05, 0) is 18.6 Å². The zero-order chi connectivity index (χ0) is 15.9. The van der Waals surface area contributed by atoms with Gasteiger partial charge in [0, 0.05) is 6.54 Å². The summed E-state index contributed by atoms with van der Waals surface area (Å²) in [5.74, 6) is -1.54. The van der Waals surface area contributed by atoms with Gasteiger partial charge in [-0.25, -0.2) is 0 Å². The molecule has 22 heavy (non-hydrogen) atoms. The lowest BCUT2D eigenvalue weighted by atomic mass is 10.2. The van der Waals surface area contributed by atoms with E-state index in [-0.39, 0.29) is 17.4 Å². The van der Waals surface area contributed by atoms with Gasteiger partial charge in [0.25, 0.3) is 5.56 Å². The Labute approximate surface area is 128 Å². The molecule has 0 spiro atoms. The minimum Gasteiger partial charge on any atom is -0.480 e. The van der Waals surface area contributed by atoms with Gasteiger partial charge in [-0.3, -0.25) is 14.4 Å². The number of benzene rings is 1. The number of hydrogen-bond acceptors (Lipinski definition) is 5. The number of carboxylic acids is 1. The Morgan fingerprint density at radius 1 is 1.41 bits per heavy atom. The Kier molecular flexibility index (Phi) is 3.53. The quantitative estimate of drug-likeness (QED) is 0.871. The highest BCUT2D eigenvalue weighted by Gasteiger charge is 2.35. The van der Waals surface area contributed by atoms with Gasteiger partial charge >= 0.3 is 5.97 Å². The van der Waals surface area contributed by atoms with Crippen molar-refractivity contribution in [2.45, 2.75) is 12.5 Å². The number of carboxylic acid groups (broad SMARTS) is 1. The third-order valence-electron chi connectivity index (χ3n) is 3.56. The van der Waals surface area contributed by atoms with Crippen molar-refractivity contribution in [1.29, 1.82) is 0 Å². The van der Waals surface area contributed by atoms with E-state index in [0.29, 0.717) is 11.4 Å². The lowest BCUT2D eigenvalue weighted by Gasteiger charge is -2.14. The lowest BCUT2D eigenvalue weighted by molar-refractivity contribution is -0.143. The third-order valence-corrected chi connectivity index (χ3v) is 3.86. The number of likely N-dealkylation sites (tertiary alicyclic amines) is 1. The van der Waals surface area contributed by atoms with Gasteiger partial charge in [0.05, 0.1) is 10.4 Å². The Morgan fingerprint density at radius 3 is 2.91 bits per heavy atom. The van der Waals surface area contributed by atoms with Crippen molar-refractivity contribution in [3.63, 3.8) is 0 Å². The number of fused-ring (bicyclic) bond motifs is 1. The zero-order valence-corrected chi connectivity index (χ0v) is 12.0. The van der Waals surface area contributed by atoms with E-state index in [4.69, 9.17) is 16.7 Å². The molecule has 0 bridgehead atoms. The number of halogens is 1. The van der Waals surface area contributed by atoms with Crippen LogP contribution in [0.4, 0.5) is 0 Å². The molecule has 1 aliphatic heterocycles. The van der Waals surface area contributed by atoms with Crippen molar-refractivity contribution < 1.29 is 14.7 Å². The van der Waals surface area contributed by atoms with Crippen LogP contribution < -0.4 is 5.56 Å². The fourth-order valence-electron chi connectivity index (χ4n) is 2.52. The van der Waals surface area contributed by atoms with Crippen molar-refractivity contribution in [1.82, 2.24) is 19.9 Å². The van der Waals surface area contributed by atoms with Crippen LogP contribution in [0.2, 0.25) is 5.02 Å². The van der Waals surface area contributed by atoms with Gasteiger partial charge in [0.2, 0.25) is 5.91 Å². The largest absolute Gasteiger partial charge is 0.480 e. The van der Waals surface area contributed by atoms with Crippen molar-refractivity contribution in [3.05, 3.63) is 33.6 Å². The molecule has 1 aromatic carbocycles. The Morgan fingerprint density at radius 2 is 2.18 bits per heavy atom. The number of hydrogen-bond donors (Lipinski definition) is 1. The highest BCUT2D eigenvalue weighted by molar-refractivity contribution is 6.34. The standard InChI is InChI=1S/C13H11ClN4O4/c14-8-3-1-2-7-11(8)15-16-18(12(7)21)9-4-5-17(13(9)22)6-10(19)20/h1-3,9H,4-6H2,(H,19,20). The van der Waals surface area contributed by atoms with Crippen LogP contribution in [0, 0.1) is 0 Å². The van der Waals surface area contributed by atoms with Crippen LogP contribution in [0.15, 0.2) is 23.0 Å². The molecule has 3 rings (SSSR count). The molecule has 2 aromatic rings. The number of rotatable bonds is 3. The summed E-state index contributed by atoms with van der Waals surface area (Å²) >= 11 is 5.96. The van der Waals surface area contributed by atoms with Crippen LogP contribution in [0.5, 0.6) is 0 Å². The van der Waals surface area contributed by atoms with Crippen LogP contribution >= 0.6 is 11.6 Å². The number of carbonyl (C=O) groups is 2. The molecule has 1 N–H and O–H groups in total. The maximum atomic E-state index is 12.5. The first-order valence-corrected chi connectivity index (χ1v) is 6.91. The molecule has 114 valence electrons. The molecule has 0 aliphatic carbocycles.